The lowest BCUT2D eigenvalue weighted by Gasteiger charge is -2.63. The molecule has 4 aliphatic rings. The van der Waals surface area contributed by atoms with Crippen molar-refractivity contribution in [2.45, 2.75) is 91.0 Å². The van der Waals surface area contributed by atoms with Crippen LogP contribution in [0, 0.1) is 46.3 Å². The summed E-state index contributed by atoms with van der Waals surface area (Å²) in [6, 6.07) is 0. The molecule has 0 spiro atoms. The molecular formula is C22H38O3. The molecule has 0 aromatic rings. The number of aliphatic hydroxyl groups excluding tert-OH is 3. The second-order valence-corrected chi connectivity index (χ2v) is 10.8. The quantitative estimate of drug-likeness (QED) is 0.677. The first-order valence-corrected chi connectivity index (χ1v) is 10.7. The Morgan fingerprint density at radius 2 is 1.60 bits per heavy atom. The topological polar surface area (TPSA) is 60.7 Å². The molecule has 0 heterocycles. The first-order chi connectivity index (χ1) is 11.7. The minimum absolute atomic E-state index is 0.0340. The molecule has 0 saturated heterocycles. The molecule has 4 aliphatic carbocycles. The Morgan fingerprint density at radius 3 is 2.28 bits per heavy atom. The lowest BCUT2D eigenvalue weighted by molar-refractivity contribution is -0.206. The van der Waals surface area contributed by atoms with Gasteiger partial charge in [-0.1, -0.05) is 27.7 Å². The first kappa shape index (κ1) is 18.3. The molecule has 4 fully saturated rings. The third-order valence-electron chi connectivity index (χ3n) is 9.64. The molecule has 4 rings (SSSR count). The molecule has 144 valence electrons. The SMILES string of the molecule is CC(C)[C@H]1CC[C@H]2C3[C@H](O)CC4CC(O)CC[C@]4(C)[C@H]3C[C@H](O)[C@]12C. The summed E-state index contributed by atoms with van der Waals surface area (Å²) >= 11 is 0. The number of fused-ring (bicyclic) bond motifs is 5. The Bertz CT molecular complexity index is 519. The van der Waals surface area contributed by atoms with Crippen molar-refractivity contribution < 1.29 is 15.3 Å². The zero-order chi connectivity index (χ0) is 18.1. The van der Waals surface area contributed by atoms with E-state index in [9.17, 15) is 15.3 Å². The highest BCUT2D eigenvalue weighted by Crippen LogP contribution is 2.68. The molecule has 3 heteroatoms. The van der Waals surface area contributed by atoms with Crippen molar-refractivity contribution >= 4 is 0 Å². The maximum atomic E-state index is 11.3. The van der Waals surface area contributed by atoms with Crippen LogP contribution in [0.3, 0.4) is 0 Å². The molecule has 3 N–H and O–H groups in total. The fourth-order valence-corrected chi connectivity index (χ4v) is 8.29. The molecule has 0 aromatic heterocycles. The van der Waals surface area contributed by atoms with Crippen LogP contribution in [0.4, 0.5) is 0 Å². The van der Waals surface area contributed by atoms with Crippen LogP contribution < -0.4 is 0 Å². The standard InChI is InChI=1S/C22H38O3/c1-12(2)15-5-6-16-20-17(11-19(25)22(15,16)4)21(3)8-7-14(23)9-13(21)10-18(20)24/h12-20,23-25H,5-11H2,1-4H3/t13?,14?,15-,16+,17+,18-,19+,20?,21+,22-/m1/s1. The van der Waals surface area contributed by atoms with Crippen LogP contribution in [0.15, 0.2) is 0 Å². The van der Waals surface area contributed by atoms with Crippen molar-refractivity contribution in [3.63, 3.8) is 0 Å². The Labute approximate surface area is 153 Å². The van der Waals surface area contributed by atoms with E-state index < -0.39 is 0 Å². The van der Waals surface area contributed by atoms with Crippen molar-refractivity contribution in [2.75, 3.05) is 0 Å². The molecule has 0 aliphatic heterocycles. The van der Waals surface area contributed by atoms with Crippen molar-refractivity contribution in [1.29, 1.82) is 0 Å². The average Bonchev–Trinajstić information content (AvgIpc) is 2.89. The van der Waals surface area contributed by atoms with E-state index in [1.807, 2.05) is 0 Å². The zero-order valence-electron chi connectivity index (χ0n) is 16.5. The summed E-state index contributed by atoms with van der Waals surface area (Å²) in [5.74, 6) is 2.77. The molecule has 4 saturated carbocycles. The third-order valence-corrected chi connectivity index (χ3v) is 9.64. The van der Waals surface area contributed by atoms with E-state index in [4.69, 9.17) is 0 Å². The Hall–Kier alpha value is -0.120. The van der Waals surface area contributed by atoms with Gasteiger partial charge in [0, 0.05) is 0 Å². The van der Waals surface area contributed by atoms with E-state index >= 15 is 0 Å². The fourth-order valence-electron chi connectivity index (χ4n) is 8.29. The largest absolute Gasteiger partial charge is 0.393 e. The van der Waals surface area contributed by atoms with E-state index in [1.165, 1.54) is 6.42 Å². The van der Waals surface area contributed by atoms with E-state index in [2.05, 4.69) is 27.7 Å². The van der Waals surface area contributed by atoms with E-state index in [1.54, 1.807) is 0 Å². The van der Waals surface area contributed by atoms with Gasteiger partial charge in [0.25, 0.3) is 0 Å². The van der Waals surface area contributed by atoms with Gasteiger partial charge in [0.15, 0.2) is 0 Å². The smallest absolute Gasteiger partial charge is 0.0602 e. The van der Waals surface area contributed by atoms with Crippen LogP contribution in [0.2, 0.25) is 0 Å². The molecular weight excluding hydrogens is 312 g/mol. The van der Waals surface area contributed by atoms with E-state index in [0.717, 1.165) is 38.5 Å². The molecule has 10 atom stereocenters. The number of rotatable bonds is 1. The van der Waals surface area contributed by atoms with Crippen LogP contribution in [-0.2, 0) is 0 Å². The van der Waals surface area contributed by atoms with Crippen LogP contribution >= 0.6 is 0 Å². The minimum atomic E-state index is -0.254. The van der Waals surface area contributed by atoms with Gasteiger partial charge in [0.1, 0.15) is 0 Å². The molecule has 0 amide bonds. The highest BCUT2D eigenvalue weighted by Gasteiger charge is 2.65. The second kappa shape index (κ2) is 5.94. The van der Waals surface area contributed by atoms with Crippen molar-refractivity contribution in [3.05, 3.63) is 0 Å². The molecule has 0 radical (unpaired) electrons. The highest BCUT2D eigenvalue weighted by molar-refractivity contribution is 5.14. The van der Waals surface area contributed by atoms with Crippen LogP contribution in [0.25, 0.3) is 0 Å². The predicted molar refractivity (Wildman–Crippen MR) is 98.8 cm³/mol. The maximum absolute atomic E-state index is 11.3. The summed E-state index contributed by atoms with van der Waals surface area (Å²) in [6.45, 7) is 9.32. The molecule has 3 nitrogen and oxygen atoms in total. The van der Waals surface area contributed by atoms with Gasteiger partial charge >= 0.3 is 0 Å². The Kier molecular flexibility index (Phi) is 4.34. The number of aliphatic hydroxyl groups is 3. The lowest BCUT2D eigenvalue weighted by Crippen LogP contribution is -2.62. The van der Waals surface area contributed by atoms with Gasteiger partial charge in [-0.3, -0.25) is 0 Å². The molecule has 25 heavy (non-hydrogen) atoms. The van der Waals surface area contributed by atoms with Crippen molar-refractivity contribution in [1.82, 2.24) is 0 Å². The minimum Gasteiger partial charge on any atom is -0.393 e. The first-order valence-electron chi connectivity index (χ1n) is 10.7. The summed E-state index contributed by atoms with van der Waals surface area (Å²) in [5, 5.41) is 32.6. The lowest BCUT2D eigenvalue weighted by atomic mass is 9.43. The van der Waals surface area contributed by atoms with Crippen LogP contribution in [-0.4, -0.2) is 33.6 Å². The second-order valence-electron chi connectivity index (χ2n) is 10.8. The number of hydrogen-bond donors (Lipinski definition) is 3. The third kappa shape index (κ3) is 2.41. The van der Waals surface area contributed by atoms with Gasteiger partial charge in [-0.2, -0.15) is 0 Å². The summed E-state index contributed by atoms with van der Waals surface area (Å²) in [5.41, 5.74) is 0.148. The summed E-state index contributed by atoms with van der Waals surface area (Å²) < 4.78 is 0. The Morgan fingerprint density at radius 1 is 0.880 bits per heavy atom. The normalized spacial score (nSPS) is 58.6. The van der Waals surface area contributed by atoms with Crippen molar-refractivity contribution in [3.8, 4) is 0 Å². The summed E-state index contributed by atoms with van der Waals surface area (Å²) in [4.78, 5) is 0. The molecule has 0 bridgehead atoms. The maximum Gasteiger partial charge on any atom is 0.0602 e. The van der Waals surface area contributed by atoms with E-state index in [-0.39, 0.29) is 29.1 Å². The predicted octanol–water partition coefficient (Wildman–Crippen LogP) is 3.60. The summed E-state index contributed by atoms with van der Waals surface area (Å²) in [6.07, 6.45) is 6.14. The zero-order valence-corrected chi connectivity index (χ0v) is 16.5. The van der Waals surface area contributed by atoms with E-state index in [0.29, 0.717) is 35.5 Å². The monoisotopic (exact) mass is 350 g/mol. The number of hydrogen-bond acceptors (Lipinski definition) is 3. The average molecular weight is 351 g/mol. The van der Waals surface area contributed by atoms with Gasteiger partial charge < -0.3 is 15.3 Å². The van der Waals surface area contributed by atoms with Crippen LogP contribution in [0.5, 0.6) is 0 Å². The molecule has 3 unspecified atom stereocenters. The fraction of sp³-hybridized carbons (Fsp3) is 1.00. The Balaban J connectivity index is 1.70. The van der Waals surface area contributed by atoms with Gasteiger partial charge in [-0.25, -0.2) is 0 Å². The van der Waals surface area contributed by atoms with Gasteiger partial charge in [0.2, 0.25) is 0 Å². The van der Waals surface area contributed by atoms with Crippen molar-refractivity contribution in [2.24, 2.45) is 46.3 Å². The molecule has 0 aromatic carbocycles. The van der Waals surface area contributed by atoms with Gasteiger partial charge in [0.05, 0.1) is 18.3 Å². The van der Waals surface area contributed by atoms with Crippen LogP contribution in [0.1, 0.15) is 72.6 Å². The van der Waals surface area contributed by atoms with Gasteiger partial charge in [-0.05, 0) is 91.3 Å². The summed E-state index contributed by atoms with van der Waals surface area (Å²) in [7, 11) is 0. The van der Waals surface area contributed by atoms with Gasteiger partial charge in [-0.15, -0.1) is 0 Å². The highest BCUT2D eigenvalue weighted by atomic mass is 16.3.